The van der Waals surface area contributed by atoms with Crippen molar-refractivity contribution in [3.05, 3.63) is 41.8 Å². The summed E-state index contributed by atoms with van der Waals surface area (Å²) in [6, 6.07) is 9.87. The number of nitrogens with one attached hydrogen (secondary N) is 1. The molecule has 2 rings (SSSR count). The second kappa shape index (κ2) is 10.5. The van der Waals surface area contributed by atoms with Gasteiger partial charge in [0.25, 0.3) is 15.9 Å². The first kappa shape index (κ1) is 23.2. The molecule has 0 spiro atoms. The number of thiophene rings is 1. The Morgan fingerprint density at radius 1 is 1.19 bits per heavy atom. The highest BCUT2D eigenvalue weighted by Crippen LogP contribution is 2.26. The highest BCUT2D eigenvalue weighted by atomic mass is 35.5. The van der Waals surface area contributed by atoms with Gasteiger partial charge in [-0.05, 0) is 42.8 Å². The van der Waals surface area contributed by atoms with E-state index in [4.69, 9.17) is 4.74 Å². The molecule has 0 bridgehead atoms. The van der Waals surface area contributed by atoms with Crippen LogP contribution in [-0.4, -0.2) is 60.1 Å². The van der Waals surface area contributed by atoms with Gasteiger partial charge in [-0.15, -0.1) is 23.7 Å². The highest BCUT2D eigenvalue weighted by molar-refractivity contribution is 7.94. The van der Waals surface area contributed by atoms with Crippen LogP contribution >= 0.6 is 23.7 Å². The van der Waals surface area contributed by atoms with E-state index in [9.17, 15) is 13.2 Å². The molecule has 0 fully saturated rings. The zero-order valence-corrected chi connectivity index (χ0v) is 17.9. The minimum atomic E-state index is -3.56. The number of ether oxygens (including phenoxy) is 1. The van der Waals surface area contributed by atoms with E-state index in [1.165, 1.54) is 22.7 Å². The number of carbonyl (C=O) groups is 1. The first-order valence-corrected chi connectivity index (χ1v) is 10.3. The van der Waals surface area contributed by atoms with E-state index < -0.39 is 10.0 Å². The van der Waals surface area contributed by atoms with E-state index in [1.807, 2.05) is 7.05 Å². The Balaban J connectivity index is 0.00000364. The topological polar surface area (TPSA) is 79.0 Å². The van der Waals surface area contributed by atoms with Gasteiger partial charge >= 0.3 is 0 Å². The van der Waals surface area contributed by atoms with Crippen LogP contribution in [0.25, 0.3) is 0 Å². The Labute approximate surface area is 170 Å². The van der Waals surface area contributed by atoms with Crippen molar-refractivity contribution < 1.29 is 17.9 Å². The van der Waals surface area contributed by atoms with Crippen LogP contribution < -0.4 is 14.4 Å². The van der Waals surface area contributed by atoms with Gasteiger partial charge in [0, 0.05) is 27.2 Å². The molecular weight excluding hydrogens is 410 g/mol. The number of amides is 1. The van der Waals surface area contributed by atoms with Crippen molar-refractivity contribution in [2.75, 3.05) is 45.1 Å². The summed E-state index contributed by atoms with van der Waals surface area (Å²) in [4.78, 5) is 13.5. The second-order valence-corrected chi connectivity index (χ2v) is 8.75. The summed E-state index contributed by atoms with van der Waals surface area (Å²) in [6.45, 7) is 1.24. The predicted molar refractivity (Wildman–Crippen MR) is 111 cm³/mol. The summed E-state index contributed by atoms with van der Waals surface area (Å²) in [5.74, 6) is 0.382. The maximum Gasteiger partial charge on any atom is 0.273 e. The number of benzene rings is 1. The Hall–Kier alpha value is -1.81. The lowest BCUT2D eigenvalue weighted by atomic mass is 10.3. The summed E-state index contributed by atoms with van der Waals surface area (Å²) in [5.41, 5.74) is 0.517. The van der Waals surface area contributed by atoms with Crippen molar-refractivity contribution in [2.45, 2.75) is 4.21 Å². The first-order valence-electron chi connectivity index (χ1n) is 8.00. The Bertz CT molecular complexity index is 811. The van der Waals surface area contributed by atoms with Crippen molar-refractivity contribution >= 4 is 45.4 Å². The van der Waals surface area contributed by atoms with E-state index in [-0.39, 0.29) is 29.1 Å². The zero-order chi connectivity index (χ0) is 19.2. The minimum absolute atomic E-state index is 0. The number of hydrogen-bond donors (Lipinski definition) is 1. The Morgan fingerprint density at radius 3 is 2.41 bits per heavy atom. The summed E-state index contributed by atoms with van der Waals surface area (Å²) in [6.07, 6.45) is 0. The Morgan fingerprint density at radius 2 is 1.85 bits per heavy atom. The van der Waals surface area contributed by atoms with E-state index in [1.54, 1.807) is 53.7 Å². The predicted octanol–water partition coefficient (Wildman–Crippen LogP) is 2.05. The summed E-state index contributed by atoms with van der Waals surface area (Å²) in [7, 11) is 1.49. The smallest absolute Gasteiger partial charge is 0.273 e. The molecular formula is C17H24ClN3O4S2. The van der Waals surface area contributed by atoms with E-state index in [0.29, 0.717) is 24.5 Å². The fourth-order valence-corrected chi connectivity index (χ4v) is 4.45. The normalized spacial score (nSPS) is 10.8. The number of sulfonamides is 1. The fraction of sp³-hybridized carbons (Fsp3) is 0.353. The van der Waals surface area contributed by atoms with Crippen molar-refractivity contribution in [2.24, 2.45) is 0 Å². The van der Waals surface area contributed by atoms with Crippen LogP contribution in [0.2, 0.25) is 0 Å². The molecule has 0 radical (unpaired) electrons. The number of likely N-dealkylation sites (N-methyl/N-ethyl adjacent to an activating group) is 2. The standard InChI is InChI=1S/C17H23N3O4S2.ClH/c1-18-10-11-19(2)16(21)13-24-15-8-6-14(7-9-15)20(3)26(22,23)17-5-4-12-25-17;/h4-9,12,18H,10-11,13H2,1-3H3;1H. The number of carbonyl (C=O) groups excluding carboxylic acids is 1. The monoisotopic (exact) mass is 433 g/mol. The molecule has 0 unspecified atom stereocenters. The third kappa shape index (κ3) is 6.10. The summed E-state index contributed by atoms with van der Waals surface area (Å²) < 4.78 is 32.0. The Kier molecular flexibility index (Phi) is 9.04. The average molecular weight is 434 g/mol. The number of hydrogen-bond acceptors (Lipinski definition) is 6. The van der Waals surface area contributed by atoms with Crippen molar-refractivity contribution in [1.29, 1.82) is 0 Å². The summed E-state index contributed by atoms with van der Waals surface area (Å²) in [5, 5.41) is 4.70. The lowest BCUT2D eigenvalue weighted by molar-refractivity contribution is -0.131. The van der Waals surface area contributed by atoms with Crippen LogP contribution in [-0.2, 0) is 14.8 Å². The zero-order valence-electron chi connectivity index (χ0n) is 15.4. The van der Waals surface area contributed by atoms with Crippen LogP contribution in [0.3, 0.4) is 0 Å². The van der Waals surface area contributed by atoms with Gasteiger partial charge < -0.3 is 15.0 Å². The molecule has 7 nitrogen and oxygen atoms in total. The minimum Gasteiger partial charge on any atom is -0.484 e. The van der Waals surface area contributed by atoms with Crippen LogP contribution in [0.15, 0.2) is 46.0 Å². The molecule has 0 aliphatic rings. The first-order chi connectivity index (χ1) is 12.4. The number of rotatable bonds is 9. The quantitative estimate of drug-likeness (QED) is 0.654. The molecule has 1 aromatic heterocycles. The molecule has 1 aromatic carbocycles. The molecule has 1 heterocycles. The van der Waals surface area contributed by atoms with Crippen LogP contribution in [0, 0.1) is 0 Å². The number of nitrogens with zero attached hydrogens (tertiary/aromatic N) is 2. The van der Waals surface area contributed by atoms with Crippen LogP contribution in [0.1, 0.15) is 0 Å². The van der Waals surface area contributed by atoms with Gasteiger partial charge in [0.1, 0.15) is 9.96 Å². The maximum absolute atomic E-state index is 12.5. The summed E-state index contributed by atoms with van der Waals surface area (Å²) >= 11 is 1.17. The van der Waals surface area contributed by atoms with E-state index >= 15 is 0 Å². The van der Waals surface area contributed by atoms with Crippen LogP contribution in [0.5, 0.6) is 5.75 Å². The second-order valence-electron chi connectivity index (χ2n) is 5.61. The van der Waals surface area contributed by atoms with Gasteiger partial charge in [-0.2, -0.15) is 0 Å². The van der Waals surface area contributed by atoms with Crippen molar-refractivity contribution in [1.82, 2.24) is 10.2 Å². The average Bonchev–Trinajstić information content (AvgIpc) is 3.19. The van der Waals surface area contributed by atoms with Crippen molar-refractivity contribution in [3.8, 4) is 5.75 Å². The third-order valence-corrected chi connectivity index (χ3v) is 6.95. The molecule has 1 N–H and O–H groups in total. The van der Waals surface area contributed by atoms with Gasteiger partial charge in [0.15, 0.2) is 6.61 Å². The van der Waals surface area contributed by atoms with Crippen LogP contribution in [0.4, 0.5) is 5.69 Å². The lowest BCUT2D eigenvalue weighted by Crippen LogP contribution is -2.35. The van der Waals surface area contributed by atoms with Crippen molar-refractivity contribution in [3.63, 3.8) is 0 Å². The highest BCUT2D eigenvalue weighted by Gasteiger charge is 2.22. The largest absolute Gasteiger partial charge is 0.484 e. The number of halogens is 1. The molecule has 10 heteroatoms. The van der Waals surface area contributed by atoms with Gasteiger partial charge in [-0.25, -0.2) is 8.42 Å². The van der Waals surface area contributed by atoms with Gasteiger partial charge in [-0.1, -0.05) is 6.07 Å². The third-order valence-electron chi connectivity index (χ3n) is 3.80. The van der Waals surface area contributed by atoms with Gasteiger partial charge in [0.05, 0.1) is 5.69 Å². The lowest BCUT2D eigenvalue weighted by Gasteiger charge is -2.19. The van der Waals surface area contributed by atoms with Gasteiger partial charge in [-0.3, -0.25) is 9.10 Å². The molecule has 150 valence electrons. The van der Waals surface area contributed by atoms with E-state index in [2.05, 4.69) is 5.32 Å². The molecule has 0 aliphatic carbocycles. The SMILES string of the molecule is CNCCN(C)C(=O)COc1ccc(N(C)S(=O)(=O)c2cccs2)cc1.Cl. The fourth-order valence-electron chi connectivity index (χ4n) is 2.10. The molecule has 2 aromatic rings. The molecule has 27 heavy (non-hydrogen) atoms. The maximum atomic E-state index is 12.5. The molecule has 0 atom stereocenters. The molecule has 0 saturated carbocycles. The molecule has 1 amide bonds. The molecule has 0 saturated heterocycles. The number of anilines is 1. The van der Waals surface area contributed by atoms with Gasteiger partial charge in [0.2, 0.25) is 0 Å². The van der Waals surface area contributed by atoms with E-state index in [0.717, 1.165) is 0 Å². The molecule has 0 aliphatic heterocycles.